The molecule has 1 aromatic rings. The van der Waals surface area contributed by atoms with E-state index < -0.39 is 0 Å². The van der Waals surface area contributed by atoms with Crippen LogP contribution in [0.5, 0.6) is 0 Å². The lowest BCUT2D eigenvalue weighted by Gasteiger charge is -2.28. The van der Waals surface area contributed by atoms with Crippen molar-refractivity contribution in [3.8, 4) is 0 Å². The van der Waals surface area contributed by atoms with Crippen molar-refractivity contribution in [1.29, 1.82) is 0 Å². The standard InChI is InChI=1S/C15H24N2OS.ClH/c1-5-15(7-6-8-16-15)14(18)17-11(3)13-9-10(2)19-12(13)4;/h9,11,16H,5-8H2,1-4H3,(H,17,18);1H. The van der Waals surface area contributed by atoms with Crippen LogP contribution in [0.4, 0.5) is 0 Å². The average molecular weight is 317 g/mol. The second kappa shape index (κ2) is 6.92. The maximum absolute atomic E-state index is 12.5. The van der Waals surface area contributed by atoms with Crippen LogP contribution in [0.25, 0.3) is 0 Å². The molecule has 2 rings (SSSR count). The molecule has 5 heteroatoms. The Morgan fingerprint density at radius 2 is 2.25 bits per heavy atom. The van der Waals surface area contributed by atoms with Crippen LogP contribution in [0.3, 0.4) is 0 Å². The van der Waals surface area contributed by atoms with Crippen LogP contribution in [-0.4, -0.2) is 18.0 Å². The van der Waals surface area contributed by atoms with Gasteiger partial charge in [0.25, 0.3) is 0 Å². The lowest BCUT2D eigenvalue weighted by atomic mass is 9.92. The van der Waals surface area contributed by atoms with E-state index in [4.69, 9.17) is 0 Å². The molecule has 1 amide bonds. The molecule has 1 aliphatic rings. The minimum absolute atomic E-state index is 0. The normalized spacial score (nSPS) is 23.2. The first-order valence-corrected chi connectivity index (χ1v) is 7.93. The Labute approximate surface area is 131 Å². The first-order valence-electron chi connectivity index (χ1n) is 7.11. The van der Waals surface area contributed by atoms with Crippen LogP contribution in [0.2, 0.25) is 0 Å². The Morgan fingerprint density at radius 1 is 1.55 bits per heavy atom. The van der Waals surface area contributed by atoms with Gasteiger partial charge >= 0.3 is 0 Å². The summed E-state index contributed by atoms with van der Waals surface area (Å²) in [5.74, 6) is 0.156. The summed E-state index contributed by atoms with van der Waals surface area (Å²) in [6, 6.07) is 2.27. The molecule has 1 saturated heterocycles. The lowest BCUT2D eigenvalue weighted by molar-refractivity contribution is -0.128. The van der Waals surface area contributed by atoms with Crippen molar-refractivity contribution < 1.29 is 4.79 Å². The summed E-state index contributed by atoms with van der Waals surface area (Å²) in [6.45, 7) is 9.35. The van der Waals surface area contributed by atoms with Crippen LogP contribution in [0, 0.1) is 13.8 Å². The van der Waals surface area contributed by atoms with Gasteiger partial charge in [-0.2, -0.15) is 0 Å². The average Bonchev–Trinajstić information content (AvgIpc) is 2.96. The van der Waals surface area contributed by atoms with Gasteiger partial charge in [0.15, 0.2) is 0 Å². The fraction of sp³-hybridized carbons (Fsp3) is 0.667. The van der Waals surface area contributed by atoms with E-state index in [0.29, 0.717) is 0 Å². The van der Waals surface area contributed by atoms with Gasteiger partial charge in [-0.25, -0.2) is 0 Å². The van der Waals surface area contributed by atoms with Gasteiger partial charge < -0.3 is 10.6 Å². The number of nitrogens with one attached hydrogen (secondary N) is 2. The first kappa shape index (κ1) is 17.5. The Morgan fingerprint density at radius 3 is 2.70 bits per heavy atom. The molecule has 1 aromatic heterocycles. The zero-order chi connectivity index (χ0) is 14.0. The lowest BCUT2D eigenvalue weighted by Crippen LogP contribution is -2.53. The fourth-order valence-electron chi connectivity index (χ4n) is 2.96. The Bertz CT molecular complexity index is 466. The third kappa shape index (κ3) is 3.35. The third-order valence-corrected chi connectivity index (χ3v) is 5.16. The maximum Gasteiger partial charge on any atom is 0.240 e. The number of carbonyl (C=O) groups is 1. The summed E-state index contributed by atoms with van der Waals surface area (Å²) in [5, 5.41) is 6.58. The second-order valence-corrected chi connectivity index (χ2v) is 6.99. The highest BCUT2D eigenvalue weighted by Gasteiger charge is 2.39. The molecule has 3 nitrogen and oxygen atoms in total. The van der Waals surface area contributed by atoms with E-state index in [1.807, 2.05) is 0 Å². The van der Waals surface area contributed by atoms with Crippen molar-refractivity contribution >= 4 is 29.7 Å². The molecule has 2 heterocycles. The molecular weight excluding hydrogens is 292 g/mol. The molecule has 1 fully saturated rings. The van der Waals surface area contributed by atoms with E-state index in [1.54, 1.807) is 11.3 Å². The van der Waals surface area contributed by atoms with E-state index in [-0.39, 0.29) is 29.9 Å². The largest absolute Gasteiger partial charge is 0.348 e. The van der Waals surface area contributed by atoms with E-state index in [1.165, 1.54) is 15.3 Å². The molecule has 0 aromatic carbocycles. The first-order chi connectivity index (χ1) is 8.98. The smallest absolute Gasteiger partial charge is 0.240 e. The van der Waals surface area contributed by atoms with Crippen molar-refractivity contribution in [1.82, 2.24) is 10.6 Å². The fourth-order valence-corrected chi connectivity index (χ4v) is 3.98. The van der Waals surface area contributed by atoms with Gasteiger partial charge in [0, 0.05) is 9.75 Å². The molecule has 0 saturated carbocycles. The number of rotatable bonds is 4. The molecular formula is C15H25ClN2OS. The quantitative estimate of drug-likeness (QED) is 0.892. The highest BCUT2D eigenvalue weighted by molar-refractivity contribution is 7.12. The second-order valence-electron chi connectivity index (χ2n) is 5.53. The molecule has 2 N–H and O–H groups in total. The van der Waals surface area contributed by atoms with Crippen LogP contribution in [-0.2, 0) is 4.79 Å². The molecule has 0 aliphatic carbocycles. The number of aryl methyl sites for hydroxylation is 2. The van der Waals surface area contributed by atoms with Gasteiger partial charge in [0.05, 0.1) is 11.6 Å². The summed E-state index contributed by atoms with van der Waals surface area (Å²) in [4.78, 5) is 15.1. The number of halogens is 1. The van der Waals surface area contributed by atoms with Crippen LogP contribution in [0.15, 0.2) is 6.07 Å². The highest BCUT2D eigenvalue weighted by atomic mass is 35.5. The van der Waals surface area contributed by atoms with Gasteiger partial charge in [-0.05, 0) is 58.2 Å². The molecule has 20 heavy (non-hydrogen) atoms. The third-order valence-electron chi connectivity index (χ3n) is 4.18. The molecule has 0 spiro atoms. The predicted molar refractivity (Wildman–Crippen MR) is 87.9 cm³/mol. The molecule has 0 radical (unpaired) electrons. The van der Waals surface area contributed by atoms with Crippen molar-refractivity contribution in [3.63, 3.8) is 0 Å². The van der Waals surface area contributed by atoms with Gasteiger partial charge in [0.2, 0.25) is 5.91 Å². The van der Waals surface area contributed by atoms with E-state index >= 15 is 0 Å². The molecule has 114 valence electrons. The topological polar surface area (TPSA) is 41.1 Å². The summed E-state index contributed by atoms with van der Waals surface area (Å²) in [5.41, 5.74) is 0.910. The predicted octanol–water partition coefficient (Wildman–Crippen LogP) is 3.50. The van der Waals surface area contributed by atoms with Gasteiger partial charge in [-0.15, -0.1) is 23.7 Å². The monoisotopic (exact) mass is 316 g/mol. The molecule has 0 bridgehead atoms. The van der Waals surface area contributed by atoms with Crippen LogP contribution >= 0.6 is 23.7 Å². The van der Waals surface area contributed by atoms with Gasteiger partial charge in [0.1, 0.15) is 0 Å². The summed E-state index contributed by atoms with van der Waals surface area (Å²) < 4.78 is 0. The maximum atomic E-state index is 12.5. The van der Waals surface area contributed by atoms with Gasteiger partial charge in [-0.3, -0.25) is 4.79 Å². The van der Waals surface area contributed by atoms with E-state index in [2.05, 4.69) is 44.4 Å². The Kier molecular flexibility index (Phi) is 6.05. The van der Waals surface area contributed by atoms with Crippen molar-refractivity contribution in [2.75, 3.05) is 6.54 Å². The molecule has 2 atom stereocenters. The molecule has 2 unspecified atom stereocenters. The summed E-state index contributed by atoms with van der Waals surface area (Å²) in [6.07, 6.45) is 2.89. The zero-order valence-corrected chi connectivity index (χ0v) is 14.3. The van der Waals surface area contributed by atoms with Crippen LogP contribution < -0.4 is 10.6 Å². The Balaban J connectivity index is 0.00000200. The minimum Gasteiger partial charge on any atom is -0.348 e. The Hall–Kier alpha value is -0.580. The summed E-state index contributed by atoms with van der Waals surface area (Å²) >= 11 is 1.79. The molecule has 1 aliphatic heterocycles. The van der Waals surface area contributed by atoms with Crippen molar-refractivity contribution in [3.05, 3.63) is 21.4 Å². The van der Waals surface area contributed by atoms with Gasteiger partial charge in [-0.1, -0.05) is 6.92 Å². The summed E-state index contributed by atoms with van der Waals surface area (Å²) in [7, 11) is 0. The number of amides is 1. The number of hydrogen-bond donors (Lipinski definition) is 2. The van der Waals surface area contributed by atoms with Crippen LogP contribution in [0.1, 0.15) is 54.5 Å². The van der Waals surface area contributed by atoms with E-state index in [9.17, 15) is 4.79 Å². The number of thiophene rings is 1. The zero-order valence-electron chi connectivity index (χ0n) is 12.7. The number of carbonyl (C=O) groups excluding carboxylic acids is 1. The number of hydrogen-bond acceptors (Lipinski definition) is 3. The highest BCUT2D eigenvalue weighted by Crippen LogP contribution is 2.28. The van der Waals surface area contributed by atoms with Crippen molar-refractivity contribution in [2.45, 2.75) is 58.5 Å². The minimum atomic E-state index is -0.340. The SMILES string of the molecule is CCC1(C(=O)NC(C)c2cc(C)sc2C)CCCN1.Cl. The van der Waals surface area contributed by atoms with Crippen molar-refractivity contribution in [2.24, 2.45) is 0 Å². The van der Waals surface area contributed by atoms with E-state index in [0.717, 1.165) is 25.8 Å².